The molecule has 20 heavy (non-hydrogen) atoms. The van der Waals surface area contributed by atoms with E-state index >= 15 is 0 Å². The van der Waals surface area contributed by atoms with Crippen molar-refractivity contribution in [3.05, 3.63) is 28.8 Å². The molecule has 1 aromatic rings. The Balaban J connectivity index is 2.25. The third-order valence-electron chi connectivity index (χ3n) is 4.60. The Morgan fingerprint density at radius 1 is 1.35 bits per heavy atom. The molecule has 0 unspecified atom stereocenters. The molecule has 0 saturated carbocycles. The molecule has 1 aliphatic heterocycles. The number of ether oxygens (including phenoxy) is 1. The molecule has 0 bridgehead atoms. The lowest BCUT2D eigenvalue weighted by molar-refractivity contribution is 0.0441. The van der Waals surface area contributed by atoms with Gasteiger partial charge in [0.15, 0.2) is 0 Å². The maximum Gasteiger partial charge on any atom is 0.123 e. The van der Waals surface area contributed by atoms with E-state index in [1.54, 1.807) is 7.11 Å². The van der Waals surface area contributed by atoms with E-state index in [0.717, 1.165) is 49.8 Å². The lowest BCUT2D eigenvalue weighted by atomic mass is 9.88. The van der Waals surface area contributed by atoms with Crippen LogP contribution in [0.1, 0.15) is 32.3 Å². The van der Waals surface area contributed by atoms with Crippen LogP contribution in [-0.4, -0.2) is 37.2 Å². The van der Waals surface area contributed by atoms with Gasteiger partial charge in [-0.15, -0.1) is 0 Å². The molecule has 0 spiro atoms. The van der Waals surface area contributed by atoms with Crippen LogP contribution < -0.4 is 10.1 Å². The molecule has 1 saturated heterocycles. The van der Waals surface area contributed by atoms with E-state index in [1.165, 1.54) is 5.56 Å². The molecule has 1 aliphatic rings. The van der Waals surface area contributed by atoms with Gasteiger partial charge in [0.1, 0.15) is 5.75 Å². The number of halogens is 1. The molecule has 1 aromatic carbocycles. The summed E-state index contributed by atoms with van der Waals surface area (Å²) in [5, 5.41) is 4.31. The summed E-state index contributed by atoms with van der Waals surface area (Å²) in [7, 11) is 1.72. The third-order valence-corrected chi connectivity index (χ3v) is 4.84. The van der Waals surface area contributed by atoms with Gasteiger partial charge in [-0.25, -0.2) is 0 Å². The summed E-state index contributed by atoms with van der Waals surface area (Å²) in [6.45, 7) is 8.62. The van der Waals surface area contributed by atoms with Crippen molar-refractivity contribution in [3.8, 4) is 5.75 Å². The molecule has 0 aliphatic carbocycles. The Kier molecular flexibility index (Phi) is 5.30. The number of methoxy groups -OCH3 is 1. The Morgan fingerprint density at radius 2 is 2.10 bits per heavy atom. The first-order chi connectivity index (χ1) is 9.65. The van der Waals surface area contributed by atoms with Crippen LogP contribution in [0.25, 0.3) is 0 Å². The normalized spacial score (nSPS) is 19.0. The van der Waals surface area contributed by atoms with Gasteiger partial charge in [0.05, 0.1) is 7.11 Å². The van der Waals surface area contributed by atoms with Gasteiger partial charge >= 0.3 is 0 Å². The number of piperazine rings is 1. The van der Waals surface area contributed by atoms with Crippen LogP contribution in [0.3, 0.4) is 0 Å². The summed E-state index contributed by atoms with van der Waals surface area (Å²) in [5.41, 5.74) is 1.42. The lowest BCUT2D eigenvalue weighted by Gasteiger charge is -2.47. The molecular weight excluding hydrogens is 272 g/mol. The van der Waals surface area contributed by atoms with Gasteiger partial charge in [0, 0.05) is 42.3 Å². The summed E-state index contributed by atoms with van der Waals surface area (Å²) in [4.78, 5) is 2.58. The van der Waals surface area contributed by atoms with Crippen molar-refractivity contribution in [1.82, 2.24) is 10.2 Å². The molecular formula is C16H25ClN2O. The van der Waals surface area contributed by atoms with Crippen molar-refractivity contribution < 1.29 is 4.74 Å². The second kappa shape index (κ2) is 6.79. The van der Waals surface area contributed by atoms with Gasteiger partial charge in [-0.3, -0.25) is 4.90 Å². The minimum Gasteiger partial charge on any atom is -0.496 e. The van der Waals surface area contributed by atoms with Crippen LogP contribution in [0.15, 0.2) is 18.2 Å². The van der Waals surface area contributed by atoms with E-state index in [9.17, 15) is 0 Å². The number of hydrogen-bond donors (Lipinski definition) is 1. The van der Waals surface area contributed by atoms with Crippen molar-refractivity contribution in [3.63, 3.8) is 0 Å². The molecule has 0 aromatic heterocycles. The molecule has 3 nitrogen and oxygen atoms in total. The van der Waals surface area contributed by atoms with Crippen LogP contribution in [-0.2, 0) is 6.54 Å². The largest absolute Gasteiger partial charge is 0.496 e. The van der Waals surface area contributed by atoms with E-state index in [-0.39, 0.29) is 5.54 Å². The fraction of sp³-hybridized carbons (Fsp3) is 0.625. The fourth-order valence-corrected chi connectivity index (χ4v) is 3.35. The van der Waals surface area contributed by atoms with Gasteiger partial charge in [0.2, 0.25) is 0 Å². The summed E-state index contributed by atoms with van der Waals surface area (Å²) >= 11 is 6.14. The molecule has 2 rings (SSSR count). The maximum absolute atomic E-state index is 6.14. The smallest absolute Gasteiger partial charge is 0.123 e. The highest BCUT2D eigenvalue weighted by molar-refractivity contribution is 6.30. The zero-order valence-corrected chi connectivity index (χ0v) is 13.5. The molecule has 1 N–H and O–H groups in total. The fourth-order valence-electron chi connectivity index (χ4n) is 3.15. The van der Waals surface area contributed by atoms with Gasteiger partial charge in [-0.1, -0.05) is 25.4 Å². The summed E-state index contributed by atoms with van der Waals surface area (Å²) < 4.78 is 5.48. The topological polar surface area (TPSA) is 24.5 Å². The molecule has 0 atom stereocenters. The Morgan fingerprint density at radius 3 is 2.75 bits per heavy atom. The molecule has 1 heterocycles. The highest BCUT2D eigenvalue weighted by Gasteiger charge is 2.35. The van der Waals surface area contributed by atoms with Crippen LogP contribution in [0.2, 0.25) is 5.02 Å². The van der Waals surface area contributed by atoms with Crippen molar-refractivity contribution in [1.29, 1.82) is 0 Å². The molecule has 4 heteroatoms. The first-order valence-electron chi connectivity index (χ1n) is 7.43. The predicted octanol–water partition coefficient (Wildman–Crippen LogP) is 3.31. The zero-order chi connectivity index (χ0) is 14.6. The average Bonchev–Trinajstić information content (AvgIpc) is 2.48. The SMILES string of the molecule is CCC1(CC)CNCCN1Cc1cc(Cl)ccc1OC. The maximum atomic E-state index is 6.14. The molecule has 1 fully saturated rings. The minimum atomic E-state index is 0.242. The second-order valence-corrected chi connectivity index (χ2v) is 5.92. The number of nitrogens with one attached hydrogen (secondary N) is 1. The highest BCUT2D eigenvalue weighted by Crippen LogP contribution is 2.31. The van der Waals surface area contributed by atoms with Gasteiger partial charge < -0.3 is 10.1 Å². The Bertz CT molecular complexity index is 446. The van der Waals surface area contributed by atoms with Crippen molar-refractivity contribution >= 4 is 11.6 Å². The first-order valence-corrected chi connectivity index (χ1v) is 7.81. The van der Waals surface area contributed by atoms with Crippen LogP contribution in [0.5, 0.6) is 5.75 Å². The monoisotopic (exact) mass is 296 g/mol. The summed E-state index contributed by atoms with van der Waals surface area (Å²) in [5.74, 6) is 0.925. The highest BCUT2D eigenvalue weighted by atomic mass is 35.5. The lowest BCUT2D eigenvalue weighted by Crippen LogP contribution is -2.60. The minimum absolute atomic E-state index is 0.242. The van der Waals surface area contributed by atoms with Crippen LogP contribution in [0, 0.1) is 0 Å². The van der Waals surface area contributed by atoms with Crippen LogP contribution in [0.4, 0.5) is 0 Å². The summed E-state index contributed by atoms with van der Waals surface area (Å²) in [6.07, 6.45) is 2.30. The van der Waals surface area contributed by atoms with Gasteiger partial charge in [-0.2, -0.15) is 0 Å². The Labute approximate surface area is 127 Å². The predicted molar refractivity (Wildman–Crippen MR) is 84.6 cm³/mol. The van der Waals surface area contributed by atoms with Crippen molar-refractivity contribution in [2.75, 3.05) is 26.7 Å². The van der Waals surface area contributed by atoms with Crippen molar-refractivity contribution in [2.45, 2.75) is 38.8 Å². The number of hydrogen-bond acceptors (Lipinski definition) is 3. The van der Waals surface area contributed by atoms with Gasteiger partial charge in [0.25, 0.3) is 0 Å². The average molecular weight is 297 g/mol. The van der Waals surface area contributed by atoms with Gasteiger partial charge in [-0.05, 0) is 31.0 Å². The standard InChI is InChI=1S/C16H25ClN2O/c1-4-16(5-2)12-18-8-9-19(16)11-13-10-14(17)6-7-15(13)20-3/h6-7,10,18H,4-5,8-9,11-12H2,1-3H3. The molecule has 0 radical (unpaired) electrons. The third kappa shape index (κ3) is 3.11. The van der Waals surface area contributed by atoms with E-state index in [2.05, 4.69) is 24.1 Å². The zero-order valence-electron chi connectivity index (χ0n) is 12.7. The Hall–Kier alpha value is -0.770. The summed E-state index contributed by atoms with van der Waals surface area (Å²) in [6, 6.07) is 5.87. The molecule has 112 valence electrons. The van der Waals surface area contributed by atoms with Crippen molar-refractivity contribution in [2.24, 2.45) is 0 Å². The first kappa shape index (κ1) is 15.6. The van der Waals surface area contributed by atoms with Crippen LogP contribution >= 0.6 is 11.6 Å². The number of benzene rings is 1. The number of rotatable bonds is 5. The van der Waals surface area contributed by atoms with E-state index in [4.69, 9.17) is 16.3 Å². The van der Waals surface area contributed by atoms with E-state index < -0.39 is 0 Å². The number of nitrogens with zero attached hydrogens (tertiary/aromatic N) is 1. The molecule has 0 amide bonds. The van der Waals surface area contributed by atoms with E-state index in [0.29, 0.717) is 0 Å². The van der Waals surface area contributed by atoms with E-state index in [1.807, 2.05) is 18.2 Å². The quantitative estimate of drug-likeness (QED) is 0.902. The second-order valence-electron chi connectivity index (χ2n) is 5.49.